The maximum Gasteiger partial charge on any atom is 0.322 e. The Hall–Kier alpha value is -2.21. The average Bonchev–Trinajstić information content (AvgIpc) is 3.02. The summed E-state index contributed by atoms with van der Waals surface area (Å²) in [6.07, 6.45) is 0.286. The third-order valence-electron chi connectivity index (χ3n) is 5.77. The molecule has 1 unspecified atom stereocenters. The Morgan fingerprint density at radius 2 is 2.19 bits per heavy atom. The highest BCUT2D eigenvalue weighted by molar-refractivity contribution is 9.10. The summed E-state index contributed by atoms with van der Waals surface area (Å²) < 4.78 is 58.6. The third kappa shape index (κ3) is 3.91. The summed E-state index contributed by atoms with van der Waals surface area (Å²) >= 11 is 2.94. The van der Waals surface area contributed by atoms with E-state index >= 15 is 8.78 Å². The fourth-order valence-electron chi connectivity index (χ4n) is 4.15. The van der Waals surface area contributed by atoms with Crippen molar-refractivity contribution in [2.24, 2.45) is 0 Å². The molecule has 2 aliphatic heterocycles. The summed E-state index contributed by atoms with van der Waals surface area (Å²) in [6, 6.07) is 0.249. The zero-order valence-electron chi connectivity index (χ0n) is 16.5. The average molecular weight is 506 g/mol. The highest BCUT2D eigenvalue weighted by Gasteiger charge is 2.50. The number of amides is 2. The fraction of sp³-hybridized carbons (Fsp3) is 0.526. The van der Waals surface area contributed by atoms with Gasteiger partial charge in [-0.2, -0.15) is 13.9 Å². The number of hydrogen-bond acceptors (Lipinski definition) is 4. The number of aromatic nitrogens is 3. The minimum absolute atomic E-state index is 0.0603. The maximum absolute atomic E-state index is 15.1. The van der Waals surface area contributed by atoms with Crippen molar-refractivity contribution in [2.75, 3.05) is 12.0 Å². The first-order valence-corrected chi connectivity index (χ1v) is 10.5. The topological polar surface area (TPSA) is 83.3 Å². The highest BCUT2D eigenvalue weighted by atomic mass is 79.9. The van der Waals surface area contributed by atoms with E-state index in [0.29, 0.717) is 5.69 Å². The summed E-state index contributed by atoms with van der Waals surface area (Å²) in [6.45, 7) is 0.227. The molecule has 12 heteroatoms. The van der Waals surface area contributed by atoms with Gasteiger partial charge >= 0.3 is 6.03 Å². The van der Waals surface area contributed by atoms with Crippen molar-refractivity contribution in [3.8, 4) is 0 Å². The monoisotopic (exact) mass is 505 g/mol. The minimum atomic E-state index is -3.53. The molecule has 0 saturated carbocycles. The van der Waals surface area contributed by atoms with Crippen molar-refractivity contribution < 1.29 is 27.5 Å². The Morgan fingerprint density at radius 1 is 1.45 bits per heavy atom. The van der Waals surface area contributed by atoms with Gasteiger partial charge in [0.05, 0.1) is 17.9 Å². The van der Waals surface area contributed by atoms with Gasteiger partial charge in [0, 0.05) is 37.2 Å². The molecule has 2 aromatic rings. The molecule has 2 atom stereocenters. The molecule has 0 aliphatic carbocycles. The van der Waals surface area contributed by atoms with Gasteiger partial charge in [-0.05, 0) is 35.3 Å². The normalized spacial score (nSPS) is 24.9. The number of halogens is 5. The number of hydrogen-bond donors (Lipinski definition) is 2. The number of nitrogens with one attached hydrogen (secondary N) is 1. The molecule has 4 rings (SSSR count). The molecule has 4 heterocycles. The van der Waals surface area contributed by atoms with E-state index in [1.807, 2.05) is 0 Å². The van der Waals surface area contributed by atoms with Gasteiger partial charge in [-0.15, -0.1) is 0 Å². The molecule has 0 aromatic carbocycles. The van der Waals surface area contributed by atoms with Crippen molar-refractivity contribution in [1.29, 1.82) is 0 Å². The van der Waals surface area contributed by atoms with E-state index in [0.717, 1.165) is 4.68 Å². The van der Waals surface area contributed by atoms with E-state index in [-0.39, 0.29) is 47.8 Å². The lowest BCUT2D eigenvalue weighted by Gasteiger charge is -2.34. The molecule has 2 aromatic heterocycles. The first-order valence-electron chi connectivity index (χ1n) is 9.67. The molecule has 7 nitrogen and oxygen atoms in total. The highest BCUT2D eigenvalue weighted by Crippen LogP contribution is 2.44. The van der Waals surface area contributed by atoms with E-state index in [1.165, 1.54) is 17.2 Å². The van der Waals surface area contributed by atoms with Gasteiger partial charge < -0.3 is 15.3 Å². The van der Waals surface area contributed by atoms with E-state index in [2.05, 4.69) is 31.3 Å². The van der Waals surface area contributed by atoms with Crippen LogP contribution < -0.4 is 5.32 Å². The van der Waals surface area contributed by atoms with Crippen molar-refractivity contribution >= 4 is 27.6 Å². The van der Waals surface area contributed by atoms with Crippen LogP contribution in [-0.4, -0.2) is 49.1 Å². The zero-order chi connectivity index (χ0) is 22.6. The summed E-state index contributed by atoms with van der Waals surface area (Å²) in [5, 5.41) is 16.9. The third-order valence-corrected chi connectivity index (χ3v) is 6.32. The van der Waals surface area contributed by atoms with Gasteiger partial charge in [0.2, 0.25) is 0 Å². The number of anilines is 1. The van der Waals surface area contributed by atoms with Crippen LogP contribution >= 0.6 is 15.9 Å². The van der Waals surface area contributed by atoms with E-state index in [1.54, 1.807) is 6.92 Å². The van der Waals surface area contributed by atoms with E-state index < -0.39 is 42.2 Å². The lowest BCUT2D eigenvalue weighted by molar-refractivity contribution is -0.102. The number of aryl methyl sites for hydroxylation is 1. The van der Waals surface area contributed by atoms with Crippen molar-refractivity contribution in [3.05, 3.63) is 39.6 Å². The predicted molar refractivity (Wildman–Crippen MR) is 106 cm³/mol. The molecule has 31 heavy (non-hydrogen) atoms. The summed E-state index contributed by atoms with van der Waals surface area (Å²) in [5.74, 6) is -4.28. The Morgan fingerprint density at radius 3 is 2.90 bits per heavy atom. The van der Waals surface area contributed by atoms with Gasteiger partial charge in [0.1, 0.15) is 22.6 Å². The Labute approximate surface area is 183 Å². The van der Waals surface area contributed by atoms with Crippen LogP contribution in [0, 0.1) is 5.82 Å². The number of nitrogens with zero attached hydrogens (tertiary/aromatic N) is 4. The van der Waals surface area contributed by atoms with Crippen molar-refractivity contribution in [1.82, 2.24) is 19.7 Å². The fourth-order valence-corrected chi connectivity index (χ4v) is 4.49. The molecule has 0 saturated heterocycles. The molecule has 0 fully saturated rings. The largest absolute Gasteiger partial charge is 0.387 e. The van der Waals surface area contributed by atoms with Crippen LogP contribution in [0.25, 0.3) is 0 Å². The molecule has 2 amide bonds. The Kier molecular flexibility index (Phi) is 5.49. The number of aliphatic hydroxyl groups is 1. The summed E-state index contributed by atoms with van der Waals surface area (Å²) in [5.41, 5.74) is -2.03. The molecular formula is C19H20BrF4N5O2. The van der Waals surface area contributed by atoms with Crippen molar-refractivity contribution in [2.45, 2.75) is 56.8 Å². The van der Waals surface area contributed by atoms with Crippen LogP contribution in [0.15, 0.2) is 16.9 Å². The second-order valence-electron chi connectivity index (χ2n) is 8.06. The van der Waals surface area contributed by atoms with Crippen LogP contribution in [-0.2, 0) is 25.4 Å². The number of alkyl halides is 3. The van der Waals surface area contributed by atoms with Gasteiger partial charge in [-0.3, -0.25) is 4.68 Å². The summed E-state index contributed by atoms with van der Waals surface area (Å²) in [4.78, 5) is 17.9. The maximum atomic E-state index is 15.1. The van der Waals surface area contributed by atoms with Crippen LogP contribution in [0.5, 0.6) is 0 Å². The minimum Gasteiger partial charge on any atom is -0.387 e. The molecule has 0 spiro atoms. The van der Waals surface area contributed by atoms with Crippen molar-refractivity contribution in [3.63, 3.8) is 0 Å². The standard InChI is InChI=1S/C19H20BrF4N5O2/c1-10-6-13-11(7-28(10)17(30)26-12-2-4-25-16(20)14(12)22)15-19(23,24)8-18(31,9-21)3-5-29(15)27-13/h2,4,10,31H,3,5-9H2,1H3,(H,25,26,30)/t10?,18-/m1/s1. The number of carbonyl (C=O) groups is 1. The van der Waals surface area contributed by atoms with Gasteiger partial charge in [-0.1, -0.05) is 0 Å². The number of pyridine rings is 1. The van der Waals surface area contributed by atoms with Crippen LogP contribution in [0.4, 0.5) is 28.0 Å². The molecule has 2 N–H and O–H groups in total. The van der Waals surface area contributed by atoms with Crippen LogP contribution in [0.3, 0.4) is 0 Å². The van der Waals surface area contributed by atoms with Gasteiger partial charge in [0.25, 0.3) is 5.92 Å². The molecule has 2 aliphatic rings. The van der Waals surface area contributed by atoms with Crippen LogP contribution in [0.2, 0.25) is 0 Å². The lowest BCUT2D eigenvalue weighted by Crippen LogP contribution is -2.45. The molecule has 168 valence electrons. The predicted octanol–water partition coefficient (Wildman–Crippen LogP) is 3.74. The SMILES string of the molecule is CC1Cc2nn3c(c2CN1C(=O)Nc1ccnc(Br)c1F)C(F)(F)C[C@@](O)(CF)CC3. The first-order chi connectivity index (χ1) is 14.5. The molecular weight excluding hydrogens is 486 g/mol. The Bertz CT molecular complexity index is 1030. The summed E-state index contributed by atoms with van der Waals surface area (Å²) in [7, 11) is 0. The first kappa shape index (κ1) is 22.0. The Balaban J connectivity index is 1.64. The lowest BCUT2D eigenvalue weighted by atomic mass is 9.91. The molecule has 0 radical (unpaired) electrons. The number of carbonyl (C=O) groups excluding carboxylic acids is 1. The quantitative estimate of drug-likeness (QED) is 0.481. The van der Waals surface area contributed by atoms with E-state index in [4.69, 9.17) is 0 Å². The van der Waals surface area contributed by atoms with E-state index in [9.17, 15) is 18.7 Å². The number of fused-ring (bicyclic) bond motifs is 3. The smallest absolute Gasteiger partial charge is 0.322 e. The number of rotatable bonds is 2. The van der Waals surface area contributed by atoms with Crippen LogP contribution in [0.1, 0.15) is 36.7 Å². The second kappa shape index (κ2) is 7.73. The second-order valence-corrected chi connectivity index (χ2v) is 8.81. The zero-order valence-corrected chi connectivity index (χ0v) is 18.1. The van der Waals surface area contributed by atoms with Gasteiger partial charge in [0.15, 0.2) is 5.82 Å². The number of urea groups is 1. The molecule has 0 bridgehead atoms. The van der Waals surface area contributed by atoms with Gasteiger partial charge in [-0.25, -0.2) is 18.6 Å².